The number of pyridine rings is 1. The Hall–Kier alpha value is -1.99. The second kappa shape index (κ2) is 5.38. The van der Waals surface area contributed by atoms with Crippen molar-refractivity contribution < 1.29 is 14.8 Å². The third kappa shape index (κ3) is 3.23. The summed E-state index contributed by atoms with van der Waals surface area (Å²) in [5.41, 5.74) is 0.275. The molecule has 0 saturated heterocycles. The van der Waals surface area contributed by atoms with Crippen molar-refractivity contribution in [3.63, 3.8) is 0 Å². The molecular formula is C10H10BN3O3. The maximum absolute atomic E-state index is 8.97. The Labute approximate surface area is 98.1 Å². The zero-order valence-corrected chi connectivity index (χ0v) is 8.89. The van der Waals surface area contributed by atoms with Gasteiger partial charge in [0.25, 0.3) is 0 Å². The van der Waals surface area contributed by atoms with E-state index in [1.165, 1.54) is 18.5 Å². The smallest absolute Gasteiger partial charge is 0.484 e. The van der Waals surface area contributed by atoms with Crippen LogP contribution in [0.2, 0.25) is 0 Å². The predicted octanol–water partition coefficient (Wildman–Crippen LogP) is -0.870. The lowest BCUT2D eigenvalue weighted by molar-refractivity contribution is 0.294. The minimum atomic E-state index is -1.56. The van der Waals surface area contributed by atoms with Gasteiger partial charge >= 0.3 is 7.12 Å². The molecule has 0 unspecified atom stereocenters. The summed E-state index contributed by atoms with van der Waals surface area (Å²) in [6.07, 6.45) is 6.08. The number of hydrogen-bond acceptors (Lipinski definition) is 6. The van der Waals surface area contributed by atoms with Crippen LogP contribution in [0.15, 0.2) is 36.9 Å². The van der Waals surface area contributed by atoms with Crippen molar-refractivity contribution in [3.8, 4) is 5.75 Å². The van der Waals surface area contributed by atoms with Crippen LogP contribution in [-0.4, -0.2) is 32.1 Å². The highest BCUT2D eigenvalue weighted by molar-refractivity contribution is 6.58. The van der Waals surface area contributed by atoms with Crippen LogP contribution >= 0.6 is 0 Å². The zero-order chi connectivity index (χ0) is 12.1. The molecule has 2 N–H and O–H groups in total. The number of rotatable bonds is 4. The van der Waals surface area contributed by atoms with Crippen LogP contribution in [0.4, 0.5) is 0 Å². The van der Waals surface area contributed by atoms with Crippen molar-refractivity contribution in [1.29, 1.82) is 0 Å². The molecule has 0 amide bonds. The van der Waals surface area contributed by atoms with Gasteiger partial charge in [0.15, 0.2) is 5.82 Å². The highest BCUT2D eigenvalue weighted by Gasteiger charge is 2.12. The molecule has 0 atom stereocenters. The minimum Gasteiger partial charge on any atom is -0.484 e. The van der Waals surface area contributed by atoms with Crippen LogP contribution in [0, 0.1) is 0 Å². The van der Waals surface area contributed by atoms with Crippen LogP contribution in [0.5, 0.6) is 5.75 Å². The van der Waals surface area contributed by atoms with Crippen LogP contribution in [0.1, 0.15) is 5.82 Å². The van der Waals surface area contributed by atoms with Gasteiger partial charge in [-0.2, -0.15) is 0 Å². The van der Waals surface area contributed by atoms with Crippen LogP contribution in [-0.2, 0) is 6.61 Å². The van der Waals surface area contributed by atoms with E-state index in [0.717, 1.165) is 0 Å². The summed E-state index contributed by atoms with van der Waals surface area (Å²) >= 11 is 0. The Morgan fingerprint density at radius 1 is 1.18 bits per heavy atom. The first-order chi connectivity index (χ1) is 8.25. The Bertz CT molecular complexity index is 481. The second-order valence-corrected chi connectivity index (χ2v) is 3.28. The molecule has 2 heterocycles. The first kappa shape index (κ1) is 11.5. The third-order valence-electron chi connectivity index (χ3n) is 2.02. The lowest BCUT2D eigenvalue weighted by Gasteiger charge is -2.06. The SMILES string of the molecule is OB(O)c1cncc(OCc2ncccn2)c1. The number of nitrogens with zero attached hydrogens (tertiary/aromatic N) is 3. The first-order valence-corrected chi connectivity index (χ1v) is 4.95. The molecule has 0 aliphatic carbocycles. The van der Waals surface area contributed by atoms with E-state index in [9.17, 15) is 0 Å². The molecule has 7 heteroatoms. The maximum atomic E-state index is 8.97. The summed E-state index contributed by atoms with van der Waals surface area (Å²) in [4.78, 5) is 11.8. The quantitative estimate of drug-likeness (QED) is 0.665. The maximum Gasteiger partial charge on any atom is 0.490 e. The molecule has 0 aromatic carbocycles. The first-order valence-electron chi connectivity index (χ1n) is 4.95. The molecule has 0 spiro atoms. The van der Waals surface area contributed by atoms with E-state index in [1.807, 2.05) is 0 Å². The van der Waals surface area contributed by atoms with Crippen molar-refractivity contribution in [3.05, 3.63) is 42.7 Å². The molecule has 0 saturated carbocycles. The fourth-order valence-corrected chi connectivity index (χ4v) is 1.21. The standard InChI is InChI=1S/C10H10BN3O3/c15-11(16)8-4-9(6-12-5-8)17-7-10-13-2-1-3-14-10/h1-6,15-16H,7H2. The van der Waals surface area contributed by atoms with E-state index in [0.29, 0.717) is 11.6 Å². The zero-order valence-electron chi connectivity index (χ0n) is 8.89. The molecule has 0 aliphatic rings. The number of aromatic nitrogens is 3. The van der Waals surface area contributed by atoms with Crippen LogP contribution in [0.3, 0.4) is 0 Å². The average Bonchev–Trinajstić information content (AvgIpc) is 2.38. The highest BCUT2D eigenvalue weighted by Crippen LogP contribution is 2.07. The van der Waals surface area contributed by atoms with Gasteiger partial charge in [0, 0.05) is 24.1 Å². The highest BCUT2D eigenvalue weighted by atomic mass is 16.5. The Balaban J connectivity index is 2.02. The summed E-state index contributed by atoms with van der Waals surface area (Å²) < 4.78 is 5.37. The number of hydrogen-bond donors (Lipinski definition) is 2. The largest absolute Gasteiger partial charge is 0.490 e. The van der Waals surface area contributed by atoms with Gasteiger partial charge in [0.2, 0.25) is 0 Å². The van der Waals surface area contributed by atoms with Crippen molar-refractivity contribution >= 4 is 12.6 Å². The van der Waals surface area contributed by atoms with E-state index < -0.39 is 7.12 Å². The van der Waals surface area contributed by atoms with Gasteiger partial charge < -0.3 is 14.8 Å². The molecule has 17 heavy (non-hydrogen) atoms. The topological polar surface area (TPSA) is 88.4 Å². The lowest BCUT2D eigenvalue weighted by atomic mass is 9.82. The second-order valence-electron chi connectivity index (χ2n) is 3.28. The Kier molecular flexibility index (Phi) is 3.64. The van der Waals surface area contributed by atoms with Gasteiger partial charge in [-0.15, -0.1) is 0 Å². The lowest BCUT2D eigenvalue weighted by Crippen LogP contribution is -2.30. The monoisotopic (exact) mass is 231 g/mol. The van der Waals surface area contributed by atoms with Gasteiger partial charge in [0.05, 0.1) is 6.20 Å². The van der Waals surface area contributed by atoms with E-state index in [-0.39, 0.29) is 12.1 Å². The van der Waals surface area contributed by atoms with E-state index in [1.54, 1.807) is 18.5 Å². The summed E-state index contributed by atoms with van der Waals surface area (Å²) in [5.74, 6) is 0.977. The number of ether oxygens (including phenoxy) is 1. The van der Waals surface area contributed by atoms with Gasteiger partial charge in [-0.05, 0) is 12.1 Å². The Morgan fingerprint density at radius 3 is 2.65 bits per heavy atom. The molecule has 0 aliphatic heterocycles. The average molecular weight is 231 g/mol. The summed E-state index contributed by atoms with van der Waals surface area (Å²) in [6, 6.07) is 3.22. The normalized spacial score (nSPS) is 10.0. The summed E-state index contributed by atoms with van der Waals surface area (Å²) in [6.45, 7) is 0.202. The molecule has 0 radical (unpaired) electrons. The molecule has 2 aromatic heterocycles. The molecule has 0 bridgehead atoms. The molecule has 6 nitrogen and oxygen atoms in total. The third-order valence-corrected chi connectivity index (χ3v) is 2.02. The van der Waals surface area contributed by atoms with Crippen LogP contribution < -0.4 is 10.2 Å². The van der Waals surface area contributed by atoms with E-state index in [2.05, 4.69) is 15.0 Å². The van der Waals surface area contributed by atoms with Crippen molar-refractivity contribution in [2.24, 2.45) is 0 Å². The van der Waals surface area contributed by atoms with Gasteiger partial charge in [-0.1, -0.05) is 0 Å². The van der Waals surface area contributed by atoms with E-state index >= 15 is 0 Å². The fourth-order valence-electron chi connectivity index (χ4n) is 1.21. The van der Waals surface area contributed by atoms with Crippen molar-refractivity contribution in [2.75, 3.05) is 0 Å². The van der Waals surface area contributed by atoms with Gasteiger partial charge in [-0.3, -0.25) is 4.98 Å². The fraction of sp³-hybridized carbons (Fsp3) is 0.100. The molecule has 86 valence electrons. The molecule has 2 rings (SSSR count). The molecule has 0 fully saturated rings. The van der Waals surface area contributed by atoms with Crippen LogP contribution in [0.25, 0.3) is 0 Å². The van der Waals surface area contributed by atoms with Crippen molar-refractivity contribution in [1.82, 2.24) is 15.0 Å². The molecule has 2 aromatic rings. The molecular weight excluding hydrogens is 221 g/mol. The van der Waals surface area contributed by atoms with Gasteiger partial charge in [-0.25, -0.2) is 9.97 Å². The van der Waals surface area contributed by atoms with E-state index in [4.69, 9.17) is 14.8 Å². The van der Waals surface area contributed by atoms with Crippen molar-refractivity contribution in [2.45, 2.75) is 6.61 Å². The van der Waals surface area contributed by atoms with Gasteiger partial charge in [0.1, 0.15) is 12.4 Å². The predicted molar refractivity (Wildman–Crippen MR) is 60.4 cm³/mol. The Morgan fingerprint density at radius 2 is 1.94 bits per heavy atom. The minimum absolute atomic E-state index is 0.202. The summed E-state index contributed by atoms with van der Waals surface area (Å²) in [7, 11) is -1.56. The summed E-state index contributed by atoms with van der Waals surface area (Å²) in [5, 5.41) is 17.9.